The monoisotopic (exact) mass is 312 g/mol. The summed E-state index contributed by atoms with van der Waals surface area (Å²) in [6.07, 6.45) is 4.19. The molecule has 2 unspecified atom stereocenters. The molecule has 2 rings (SSSR count). The maximum atomic E-state index is 12.2. The van der Waals surface area contributed by atoms with Crippen LogP contribution in [0.15, 0.2) is 29.2 Å². The molecule has 0 radical (unpaired) electrons. The van der Waals surface area contributed by atoms with E-state index in [0.29, 0.717) is 6.54 Å². The van der Waals surface area contributed by atoms with Crippen molar-refractivity contribution < 1.29 is 13.2 Å². The van der Waals surface area contributed by atoms with E-state index in [1.807, 2.05) is 6.92 Å². The molecular weight excluding hydrogens is 288 g/mol. The fourth-order valence-electron chi connectivity index (χ4n) is 2.42. The van der Waals surface area contributed by atoms with Gasteiger partial charge in [-0.05, 0) is 50.3 Å². The van der Waals surface area contributed by atoms with Gasteiger partial charge in [0.1, 0.15) is 0 Å². The van der Waals surface area contributed by atoms with Crippen LogP contribution in [0.4, 0.5) is 0 Å². The highest BCUT2D eigenvalue weighted by Crippen LogP contribution is 2.17. The first kappa shape index (κ1) is 16.4. The molecule has 21 heavy (non-hydrogen) atoms. The Morgan fingerprint density at radius 1 is 1.33 bits per heavy atom. The lowest BCUT2D eigenvalue weighted by Gasteiger charge is -2.22. The van der Waals surface area contributed by atoms with Gasteiger partial charge >= 0.3 is 0 Å². The molecule has 1 fully saturated rings. The molecule has 1 aliphatic heterocycles. The van der Waals surface area contributed by atoms with Gasteiger partial charge in [0, 0.05) is 19.2 Å². The first-order chi connectivity index (χ1) is 9.99. The highest BCUT2D eigenvalue weighted by molar-refractivity contribution is 7.89. The summed E-state index contributed by atoms with van der Waals surface area (Å²) in [6.45, 7) is 3.06. The van der Waals surface area contributed by atoms with Gasteiger partial charge in [-0.1, -0.05) is 12.1 Å². The Morgan fingerprint density at radius 2 is 2.05 bits per heavy atom. The molecule has 5 nitrogen and oxygen atoms in total. The van der Waals surface area contributed by atoms with Gasteiger partial charge in [-0.15, -0.1) is 0 Å². The summed E-state index contributed by atoms with van der Waals surface area (Å²) >= 11 is 0. The number of nitrogens with two attached hydrogens (primary N) is 1. The van der Waals surface area contributed by atoms with Gasteiger partial charge < -0.3 is 10.5 Å². The zero-order valence-electron chi connectivity index (χ0n) is 12.4. The van der Waals surface area contributed by atoms with Crippen molar-refractivity contribution >= 4 is 10.0 Å². The average Bonchev–Trinajstić information content (AvgIpc) is 2.48. The van der Waals surface area contributed by atoms with E-state index in [4.69, 9.17) is 10.5 Å². The summed E-state index contributed by atoms with van der Waals surface area (Å²) in [6, 6.07) is 6.60. The van der Waals surface area contributed by atoms with Gasteiger partial charge in [0.05, 0.1) is 11.0 Å². The molecular formula is C15H24N2O3S. The van der Waals surface area contributed by atoms with Crippen LogP contribution in [0.1, 0.15) is 44.2 Å². The van der Waals surface area contributed by atoms with E-state index in [2.05, 4.69) is 4.72 Å². The molecule has 1 saturated heterocycles. The zero-order valence-corrected chi connectivity index (χ0v) is 13.2. The van der Waals surface area contributed by atoms with Gasteiger partial charge in [0.25, 0.3) is 0 Å². The fourth-order valence-corrected chi connectivity index (χ4v) is 3.47. The van der Waals surface area contributed by atoms with Crippen molar-refractivity contribution in [2.75, 3.05) is 13.2 Å². The first-order valence-corrected chi connectivity index (χ1v) is 8.94. The lowest BCUT2D eigenvalue weighted by molar-refractivity contribution is 0.0123. The highest BCUT2D eigenvalue weighted by Gasteiger charge is 2.17. The predicted octanol–water partition coefficient (Wildman–Crippen LogP) is 1.94. The largest absolute Gasteiger partial charge is 0.378 e. The van der Waals surface area contributed by atoms with Crippen molar-refractivity contribution in [3.8, 4) is 0 Å². The molecule has 0 amide bonds. The fraction of sp³-hybridized carbons (Fsp3) is 0.600. The summed E-state index contributed by atoms with van der Waals surface area (Å²) in [5, 5.41) is 0. The lowest BCUT2D eigenvalue weighted by Crippen LogP contribution is -2.29. The second-order valence-corrected chi connectivity index (χ2v) is 7.30. The SMILES string of the molecule is CC(N)c1ccc(S(=O)(=O)NCCC2CCCCO2)cc1. The van der Waals surface area contributed by atoms with Crippen LogP contribution in [0.5, 0.6) is 0 Å². The van der Waals surface area contributed by atoms with Crippen LogP contribution in [0, 0.1) is 0 Å². The van der Waals surface area contributed by atoms with Crippen LogP contribution in [0.25, 0.3) is 0 Å². The van der Waals surface area contributed by atoms with Crippen LogP contribution < -0.4 is 10.5 Å². The van der Waals surface area contributed by atoms with Crippen molar-refractivity contribution in [1.82, 2.24) is 4.72 Å². The molecule has 1 aromatic rings. The number of benzene rings is 1. The number of nitrogens with one attached hydrogen (secondary N) is 1. The molecule has 0 aliphatic carbocycles. The minimum Gasteiger partial charge on any atom is -0.378 e. The number of hydrogen-bond donors (Lipinski definition) is 2. The molecule has 1 aromatic carbocycles. The van der Waals surface area contributed by atoms with Gasteiger partial charge in [-0.25, -0.2) is 13.1 Å². The smallest absolute Gasteiger partial charge is 0.240 e. The Morgan fingerprint density at radius 3 is 2.62 bits per heavy atom. The topological polar surface area (TPSA) is 81.4 Å². The number of sulfonamides is 1. The van der Waals surface area contributed by atoms with Crippen molar-refractivity contribution in [3.05, 3.63) is 29.8 Å². The maximum Gasteiger partial charge on any atom is 0.240 e. The molecule has 3 N–H and O–H groups in total. The molecule has 0 aromatic heterocycles. The summed E-state index contributed by atoms with van der Waals surface area (Å²) in [4.78, 5) is 0.275. The minimum absolute atomic E-state index is 0.0989. The molecule has 6 heteroatoms. The molecule has 0 bridgehead atoms. The third-order valence-corrected chi connectivity index (χ3v) is 5.23. The van der Waals surface area contributed by atoms with E-state index in [1.54, 1.807) is 24.3 Å². The Hall–Kier alpha value is -0.950. The number of rotatable bonds is 6. The summed E-state index contributed by atoms with van der Waals surface area (Å²) < 4.78 is 32.6. The van der Waals surface area contributed by atoms with E-state index in [9.17, 15) is 8.42 Å². The number of hydrogen-bond acceptors (Lipinski definition) is 4. The third kappa shape index (κ3) is 4.78. The summed E-state index contributed by atoms with van der Waals surface area (Å²) in [5.41, 5.74) is 6.68. The van der Waals surface area contributed by atoms with Gasteiger partial charge in [0.2, 0.25) is 10.0 Å². The lowest BCUT2D eigenvalue weighted by atomic mass is 10.1. The van der Waals surface area contributed by atoms with Crippen molar-refractivity contribution in [1.29, 1.82) is 0 Å². The van der Waals surface area contributed by atoms with Crippen LogP contribution in [0.2, 0.25) is 0 Å². The van der Waals surface area contributed by atoms with Crippen molar-refractivity contribution in [3.63, 3.8) is 0 Å². The Bertz CT molecular complexity index is 535. The summed E-state index contributed by atoms with van der Waals surface area (Å²) in [5.74, 6) is 0. The Labute approximate surface area is 126 Å². The minimum atomic E-state index is -3.45. The Balaban J connectivity index is 1.88. The van der Waals surface area contributed by atoms with E-state index < -0.39 is 10.0 Å². The zero-order chi connectivity index (χ0) is 15.3. The maximum absolute atomic E-state index is 12.2. The van der Waals surface area contributed by atoms with E-state index in [0.717, 1.165) is 37.9 Å². The average molecular weight is 312 g/mol. The predicted molar refractivity (Wildman–Crippen MR) is 82.4 cm³/mol. The molecule has 1 heterocycles. The normalized spacial score (nSPS) is 21.1. The number of ether oxygens (including phenoxy) is 1. The van der Waals surface area contributed by atoms with Crippen molar-refractivity contribution in [2.45, 2.75) is 49.6 Å². The van der Waals surface area contributed by atoms with Gasteiger partial charge in [-0.3, -0.25) is 0 Å². The van der Waals surface area contributed by atoms with E-state index >= 15 is 0 Å². The van der Waals surface area contributed by atoms with Gasteiger partial charge in [-0.2, -0.15) is 0 Å². The second-order valence-electron chi connectivity index (χ2n) is 5.53. The van der Waals surface area contributed by atoms with Crippen LogP contribution >= 0.6 is 0 Å². The van der Waals surface area contributed by atoms with Crippen LogP contribution in [0.3, 0.4) is 0 Å². The first-order valence-electron chi connectivity index (χ1n) is 7.46. The second kappa shape index (κ2) is 7.35. The molecule has 0 spiro atoms. The van der Waals surface area contributed by atoms with Crippen molar-refractivity contribution in [2.24, 2.45) is 5.73 Å². The van der Waals surface area contributed by atoms with E-state index in [-0.39, 0.29) is 17.0 Å². The van der Waals surface area contributed by atoms with Crippen LogP contribution in [-0.4, -0.2) is 27.7 Å². The standard InChI is InChI=1S/C15H24N2O3S/c1-12(16)13-5-7-15(8-6-13)21(18,19)17-10-9-14-4-2-3-11-20-14/h5-8,12,14,17H,2-4,9-11,16H2,1H3. The molecule has 0 saturated carbocycles. The summed E-state index contributed by atoms with van der Waals surface area (Å²) in [7, 11) is -3.45. The molecule has 118 valence electrons. The Kier molecular flexibility index (Phi) is 5.75. The highest BCUT2D eigenvalue weighted by atomic mass is 32.2. The van der Waals surface area contributed by atoms with Gasteiger partial charge in [0.15, 0.2) is 0 Å². The molecule has 2 atom stereocenters. The van der Waals surface area contributed by atoms with E-state index in [1.165, 1.54) is 0 Å². The third-order valence-electron chi connectivity index (χ3n) is 3.75. The van der Waals surface area contributed by atoms with Crippen LogP contribution in [-0.2, 0) is 14.8 Å². The molecule has 1 aliphatic rings. The quantitative estimate of drug-likeness (QED) is 0.841.